The summed E-state index contributed by atoms with van der Waals surface area (Å²) in [5.74, 6) is 0.993. The van der Waals surface area contributed by atoms with E-state index in [1.807, 2.05) is 19.1 Å². The Kier molecular flexibility index (Phi) is 4.41. The fourth-order valence-corrected chi connectivity index (χ4v) is 2.94. The lowest BCUT2D eigenvalue weighted by molar-refractivity contribution is 0.0924. The molecular weight excluding hydrogens is 264 g/mol. The van der Waals surface area contributed by atoms with E-state index in [1.54, 1.807) is 0 Å². The molecule has 1 fully saturated rings. The minimum absolute atomic E-state index is 0.521. The summed E-state index contributed by atoms with van der Waals surface area (Å²) in [6, 6.07) is 8.72. The number of imidazole rings is 1. The Morgan fingerprint density at radius 2 is 2.19 bits per heavy atom. The van der Waals surface area contributed by atoms with Gasteiger partial charge < -0.3 is 14.6 Å². The molecule has 0 saturated carbocycles. The third kappa shape index (κ3) is 3.19. The number of aromatic amines is 1. The van der Waals surface area contributed by atoms with Crippen molar-refractivity contribution in [2.24, 2.45) is 0 Å². The van der Waals surface area contributed by atoms with Crippen LogP contribution in [0.2, 0.25) is 0 Å². The molecule has 1 saturated heterocycles. The molecule has 1 aromatic carbocycles. The lowest BCUT2D eigenvalue weighted by Gasteiger charge is -2.39. The normalized spacial score (nSPS) is 20.3. The van der Waals surface area contributed by atoms with Crippen LogP contribution in [0.3, 0.4) is 0 Å². The monoisotopic (exact) mass is 288 g/mol. The van der Waals surface area contributed by atoms with Gasteiger partial charge in [0.2, 0.25) is 5.95 Å². The van der Waals surface area contributed by atoms with Gasteiger partial charge in [-0.1, -0.05) is 12.1 Å². The Bertz CT molecular complexity index is 549. The zero-order valence-electron chi connectivity index (χ0n) is 12.9. The van der Waals surface area contributed by atoms with Gasteiger partial charge in [0.05, 0.1) is 17.6 Å². The highest BCUT2D eigenvalue weighted by atomic mass is 16.5. The molecule has 2 heterocycles. The maximum atomic E-state index is 5.46. The minimum atomic E-state index is 0.521. The zero-order chi connectivity index (χ0) is 14.7. The van der Waals surface area contributed by atoms with Gasteiger partial charge >= 0.3 is 0 Å². The number of H-pyrrole nitrogens is 1. The molecule has 1 N–H and O–H groups in total. The molecule has 1 aliphatic rings. The summed E-state index contributed by atoms with van der Waals surface area (Å²) in [7, 11) is 0. The van der Waals surface area contributed by atoms with Crippen LogP contribution in [-0.4, -0.2) is 60.3 Å². The van der Waals surface area contributed by atoms with Crippen molar-refractivity contribution in [2.75, 3.05) is 44.3 Å². The van der Waals surface area contributed by atoms with E-state index in [9.17, 15) is 0 Å². The maximum Gasteiger partial charge on any atom is 0.203 e. The number of para-hydroxylation sites is 2. The number of fused-ring (bicyclic) bond motifs is 1. The van der Waals surface area contributed by atoms with Gasteiger partial charge in [0.25, 0.3) is 0 Å². The first-order chi connectivity index (χ1) is 10.3. The Morgan fingerprint density at radius 1 is 1.33 bits per heavy atom. The van der Waals surface area contributed by atoms with E-state index in [0.29, 0.717) is 6.04 Å². The molecule has 5 heteroatoms. The van der Waals surface area contributed by atoms with Crippen LogP contribution >= 0.6 is 0 Å². The van der Waals surface area contributed by atoms with Crippen LogP contribution in [0.1, 0.15) is 13.8 Å². The van der Waals surface area contributed by atoms with Crippen molar-refractivity contribution in [3.8, 4) is 0 Å². The molecule has 1 aliphatic heterocycles. The second-order valence-corrected chi connectivity index (χ2v) is 5.61. The molecule has 1 aromatic heterocycles. The number of ether oxygens (including phenoxy) is 1. The fourth-order valence-electron chi connectivity index (χ4n) is 2.94. The van der Waals surface area contributed by atoms with E-state index in [-0.39, 0.29) is 0 Å². The smallest absolute Gasteiger partial charge is 0.203 e. The summed E-state index contributed by atoms with van der Waals surface area (Å²) < 4.78 is 5.46. The highest BCUT2D eigenvalue weighted by Crippen LogP contribution is 2.20. The van der Waals surface area contributed by atoms with E-state index in [2.05, 4.69) is 33.8 Å². The summed E-state index contributed by atoms with van der Waals surface area (Å²) >= 11 is 0. The van der Waals surface area contributed by atoms with Crippen LogP contribution in [0, 0.1) is 0 Å². The van der Waals surface area contributed by atoms with Crippen LogP contribution < -0.4 is 4.90 Å². The van der Waals surface area contributed by atoms with Gasteiger partial charge in [-0.2, -0.15) is 0 Å². The lowest BCUT2D eigenvalue weighted by atomic mass is 10.2. The fraction of sp³-hybridized carbons (Fsp3) is 0.562. The van der Waals surface area contributed by atoms with Gasteiger partial charge in [0.1, 0.15) is 0 Å². The lowest BCUT2D eigenvalue weighted by Crippen LogP contribution is -2.53. The number of piperazine rings is 1. The highest BCUT2D eigenvalue weighted by molar-refractivity contribution is 5.77. The SMILES string of the molecule is CCOCCN1CCN(c2nc3ccccc3[nH]2)CC1C. The number of rotatable bonds is 5. The average molecular weight is 288 g/mol. The number of aromatic nitrogens is 2. The third-order valence-corrected chi connectivity index (χ3v) is 4.17. The van der Waals surface area contributed by atoms with E-state index in [4.69, 9.17) is 9.72 Å². The summed E-state index contributed by atoms with van der Waals surface area (Å²) in [5, 5.41) is 0. The first-order valence-electron chi connectivity index (χ1n) is 7.79. The molecule has 5 nitrogen and oxygen atoms in total. The molecule has 1 atom stereocenters. The molecule has 1 unspecified atom stereocenters. The van der Waals surface area contributed by atoms with E-state index < -0.39 is 0 Å². The first-order valence-corrected chi connectivity index (χ1v) is 7.79. The Balaban J connectivity index is 1.63. The molecule has 0 aliphatic carbocycles. The first kappa shape index (κ1) is 14.4. The van der Waals surface area contributed by atoms with Gasteiger partial charge in [0, 0.05) is 38.8 Å². The minimum Gasteiger partial charge on any atom is -0.380 e. The Hall–Kier alpha value is -1.59. The molecule has 114 valence electrons. The van der Waals surface area contributed by atoms with Gasteiger partial charge in [-0.05, 0) is 26.0 Å². The predicted octanol–water partition coefficient (Wildman–Crippen LogP) is 2.11. The summed E-state index contributed by atoms with van der Waals surface area (Å²) in [6.07, 6.45) is 0. The van der Waals surface area contributed by atoms with Crippen molar-refractivity contribution in [2.45, 2.75) is 19.9 Å². The van der Waals surface area contributed by atoms with Crippen molar-refractivity contribution in [1.82, 2.24) is 14.9 Å². The topological polar surface area (TPSA) is 44.4 Å². The summed E-state index contributed by atoms with van der Waals surface area (Å²) in [6.45, 7) is 10.0. The van der Waals surface area contributed by atoms with Gasteiger partial charge in [-0.3, -0.25) is 4.90 Å². The van der Waals surface area contributed by atoms with E-state index >= 15 is 0 Å². The average Bonchev–Trinajstić information content (AvgIpc) is 2.93. The Labute approximate surface area is 125 Å². The van der Waals surface area contributed by atoms with Crippen LogP contribution in [0.5, 0.6) is 0 Å². The van der Waals surface area contributed by atoms with Crippen LogP contribution in [0.15, 0.2) is 24.3 Å². The summed E-state index contributed by atoms with van der Waals surface area (Å²) in [5.41, 5.74) is 2.15. The van der Waals surface area contributed by atoms with Crippen molar-refractivity contribution < 1.29 is 4.74 Å². The van der Waals surface area contributed by atoms with Crippen LogP contribution in [0.4, 0.5) is 5.95 Å². The van der Waals surface area contributed by atoms with Gasteiger partial charge in [-0.25, -0.2) is 4.98 Å². The van der Waals surface area contributed by atoms with Crippen LogP contribution in [0.25, 0.3) is 11.0 Å². The van der Waals surface area contributed by atoms with Crippen molar-refractivity contribution in [3.05, 3.63) is 24.3 Å². The number of nitrogens with one attached hydrogen (secondary N) is 1. The molecule has 0 amide bonds. The van der Waals surface area contributed by atoms with Crippen LogP contribution in [-0.2, 0) is 4.74 Å². The summed E-state index contributed by atoms with van der Waals surface area (Å²) in [4.78, 5) is 13.0. The molecule has 0 spiro atoms. The molecule has 3 rings (SSSR count). The molecule has 0 bridgehead atoms. The number of nitrogens with zero attached hydrogens (tertiary/aromatic N) is 3. The molecule has 21 heavy (non-hydrogen) atoms. The van der Waals surface area contributed by atoms with Gasteiger partial charge in [0.15, 0.2) is 0 Å². The third-order valence-electron chi connectivity index (χ3n) is 4.17. The van der Waals surface area contributed by atoms with Crippen molar-refractivity contribution in [3.63, 3.8) is 0 Å². The van der Waals surface area contributed by atoms with E-state index in [0.717, 1.165) is 56.4 Å². The number of hydrogen-bond acceptors (Lipinski definition) is 4. The van der Waals surface area contributed by atoms with E-state index in [1.165, 1.54) is 0 Å². The largest absolute Gasteiger partial charge is 0.380 e. The molecule has 2 aromatic rings. The Morgan fingerprint density at radius 3 is 2.95 bits per heavy atom. The van der Waals surface area contributed by atoms with Crippen molar-refractivity contribution >= 4 is 17.0 Å². The molecular formula is C16H24N4O. The number of anilines is 1. The second kappa shape index (κ2) is 6.45. The van der Waals surface area contributed by atoms with Crippen molar-refractivity contribution in [1.29, 1.82) is 0 Å². The molecule has 0 radical (unpaired) electrons. The predicted molar refractivity (Wildman–Crippen MR) is 85.8 cm³/mol. The maximum absolute atomic E-state index is 5.46. The zero-order valence-corrected chi connectivity index (χ0v) is 12.9. The second-order valence-electron chi connectivity index (χ2n) is 5.61. The number of hydrogen-bond donors (Lipinski definition) is 1. The number of benzene rings is 1. The standard InChI is InChI=1S/C16H24N4O/c1-3-21-11-10-19-8-9-20(12-13(19)2)16-17-14-6-4-5-7-15(14)18-16/h4-7,13H,3,8-12H2,1-2H3,(H,17,18). The highest BCUT2D eigenvalue weighted by Gasteiger charge is 2.24. The quantitative estimate of drug-likeness (QED) is 0.856. The van der Waals surface area contributed by atoms with Gasteiger partial charge in [-0.15, -0.1) is 0 Å².